The van der Waals surface area contributed by atoms with Gasteiger partial charge in [0.1, 0.15) is 11.9 Å². The minimum Gasteiger partial charge on any atom is -0.442 e. The summed E-state index contributed by atoms with van der Waals surface area (Å²) >= 11 is 0. The molecule has 188 valence electrons. The van der Waals surface area contributed by atoms with E-state index in [1.807, 2.05) is 35.2 Å². The summed E-state index contributed by atoms with van der Waals surface area (Å²) in [5.74, 6) is 1.03. The van der Waals surface area contributed by atoms with Crippen LogP contribution in [0.1, 0.15) is 25.6 Å². The molecule has 2 amide bonds. The van der Waals surface area contributed by atoms with Crippen LogP contribution in [0.25, 0.3) is 11.5 Å². The molecule has 36 heavy (non-hydrogen) atoms. The highest BCUT2D eigenvalue weighted by atomic mass is 19.1. The largest absolute Gasteiger partial charge is 0.442 e. The smallest absolute Gasteiger partial charge is 0.414 e. The highest BCUT2D eigenvalue weighted by Gasteiger charge is 2.33. The Bertz CT molecular complexity index is 1230. The molecule has 5 rings (SSSR count). The molecule has 1 N–H and O–H groups in total. The van der Waals surface area contributed by atoms with Crippen molar-refractivity contribution in [2.45, 2.75) is 32.3 Å². The van der Waals surface area contributed by atoms with Gasteiger partial charge in [0.2, 0.25) is 5.91 Å². The van der Waals surface area contributed by atoms with Gasteiger partial charge in [-0.3, -0.25) is 9.69 Å². The number of carbonyl (C=O) groups is 2. The Morgan fingerprint density at radius 1 is 1.17 bits per heavy atom. The molecule has 1 unspecified atom stereocenters. The monoisotopic (exact) mass is 493 g/mol. The first kappa shape index (κ1) is 23.8. The average Bonchev–Trinajstić information content (AvgIpc) is 3.50. The fraction of sp³-hybridized carbons (Fsp3) is 0.385. The Labute approximate surface area is 208 Å². The van der Waals surface area contributed by atoms with Gasteiger partial charge in [0.15, 0.2) is 5.82 Å². The molecule has 1 atom stereocenters. The second kappa shape index (κ2) is 10.3. The van der Waals surface area contributed by atoms with Crippen LogP contribution in [0.4, 0.5) is 20.6 Å². The van der Waals surface area contributed by atoms with Crippen LogP contribution in [0.5, 0.6) is 0 Å². The van der Waals surface area contributed by atoms with E-state index >= 15 is 4.39 Å². The number of nitrogens with one attached hydrogen (secondary N) is 1. The summed E-state index contributed by atoms with van der Waals surface area (Å²) in [6.07, 6.45) is 1.49. The zero-order valence-electron chi connectivity index (χ0n) is 20.0. The molecule has 0 radical (unpaired) electrons. The number of hydrogen-bond acceptors (Lipinski definition) is 7. The van der Waals surface area contributed by atoms with E-state index in [4.69, 9.17) is 9.26 Å². The lowest BCUT2D eigenvalue weighted by molar-refractivity contribution is -0.119. The third-order valence-electron chi connectivity index (χ3n) is 6.61. The molecule has 0 aliphatic carbocycles. The topological polar surface area (TPSA) is 101 Å². The number of halogens is 1. The van der Waals surface area contributed by atoms with E-state index in [1.165, 1.54) is 17.9 Å². The van der Waals surface area contributed by atoms with Crippen molar-refractivity contribution in [3.05, 3.63) is 60.2 Å². The lowest BCUT2D eigenvalue weighted by Gasteiger charge is -2.33. The predicted octanol–water partition coefficient (Wildman–Crippen LogP) is 3.80. The van der Waals surface area contributed by atoms with Crippen LogP contribution in [0.2, 0.25) is 0 Å². The molecule has 2 aromatic carbocycles. The number of aromatic nitrogens is 2. The molecule has 0 saturated carbocycles. The Kier molecular flexibility index (Phi) is 6.84. The lowest BCUT2D eigenvalue weighted by Crippen LogP contribution is -2.35. The first-order chi connectivity index (χ1) is 17.5. The zero-order valence-corrected chi connectivity index (χ0v) is 20.0. The predicted molar refractivity (Wildman–Crippen MR) is 131 cm³/mol. The zero-order chi connectivity index (χ0) is 25.1. The molecule has 2 saturated heterocycles. The Morgan fingerprint density at radius 3 is 2.67 bits per heavy atom. The standard InChI is InChI=1S/C26H28FN5O4/c1-17(33)28-15-21-16-32(26(34)35-21)20-7-8-23(22(27)14-20)31-11-9-18(10-12-31)13-24-29-25(36-30-24)19-5-3-2-4-6-19/h2-8,14,18,21H,9-13,15-16H2,1H3,(H,28,33). The summed E-state index contributed by atoms with van der Waals surface area (Å²) in [4.78, 5) is 31.3. The third-order valence-corrected chi connectivity index (χ3v) is 6.61. The summed E-state index contributed by atoms with van der Waals surface area (Å²) in [5.41, 5.74) is 1.86. The summed E-state index contributed by atoms with van der Waals surface area (Å²) < 4.78 is 25.8. The Balaban J connectivity index is 1.16. The van der Waals surface area contributed by atoms with Crippen molar-refractivity contribution in [3.8, 4) is 11.5 Å². The fourth-order valence-corrected chi connectivity index (χ4v) is 4.69. The maximum atomic E-state index is 15.1. The molecule has 2 fully saturated rings. The lowest BCUT2D eigenvalue weighted by atomic mass is 9.93. The second-order valence-electron chi connectivity index (χ2n) is 9.21. The normalized spacial score (nSPS) is 18.4. The van der Waals surface area contributed by atoms with E-state index in [1.54, 1.807) is 12.1 Å². The first-order valence-electron chi connectivity index (χ1n) is 12.1. The number of anilines is 2. The molecule has 3 heterocycles. The Hall–Kier alpha value is -3.95. The molecule has 3 aromatic rings. The van der Waals surface area contributed by atoms with Gasteiger partial charge in [-0.1, -0.05) is 23.4 Å². The maximum absolute atomic E-state index is 15.1. The van der Waals surface area contributed by atoms with Gasteiger partial charge in [-0.2, -0.15) is 4.98 Å². The number of rotatable bonds is 7. The van der Waals surface area contributed by atoms with Crippen LogP contribution in [-0.4, -0.2) is 54.4 Å². The number of ether oxygens (including phenoxy) is 1. The molecule has 0 spiro atoms. The van der Waals surface area contributed by atoms with Gasteiger partial charge in [0, 0.05) is 32.0 Å². The van der Waals surface area contributed by atoms with Gasteiger partial charge >= 0.3 is 6.09 Å². The highest BCUT2D eigenvalue weighted by Crippen LogP contribution is 2.31. The van der Waals surface area contributed by atoms with Gasteiger partial charge in [-0.15, -0.1) is 0 Å². The average molecular weight is 494 g/mol. The third kappa shape index (κ3) is 5.32. The van der Waals surface area contributed by atoms with Gasteiger partial charge in [-0.05, 0) is 49.1 Å². The summed E-state index contributed by atoms with van der Waals surface area (Å²) in [5, 5.41) is 6.77. The maximum Gasteiger partial charge on any atom is 0.414 e. The van der Waals surface area contributed by atoms with Crippen molar-refractivity contribution in [1.82, 2.24) is 15.5 Å². The van der Waals surface area contributed by atoms with Crippen molar-refractivity contribution in [1.29, 1.82) is 0 Å². The van der Waals surface area contributed by atoms with Crippen LogP contribution in [0.3, 0.4) is 0 Å². The molecule has 0 bridgehead atoms. The fourth-order valence-electron chi connectivity index (χ4n) is 4.69. The Morgan fingerprint density at radius 2 is 1.94 bits per heavy atom. The van der Waals surface area contributed by atoms with Crippen molar-refractivity contribution in [2.24, 2.45) is 5.92 Å². The molecule has 2 aliphatic heterocycles. The van der Waals surface area contributed by atoms with Gasteiger partial charge in [0.25, 0.3) is 5.89 Å². The van der Waals surface area contributed by atoms with E-state index in [2.05, 4.69) is 15.5 Å². The highest BCUT2D eigenvalue weighted by molar-refractivity contribution is 5.90. The number of piperidine rings is 1. The minimum absolute atomic E-state index is 0.196. The van der Waals surface area contributed by atoms with Gasteiger partial charge in [0.05, 0.1) is 24.5 Å². The van der Waals surface area contributed by atoms with E-state index in [-0.39, 0.29) is 24.8 Å². The number of carbonyl (C=O) groups excluding carboxylic acids is 2. The van der Waals surface area contributed by atoms with E-state index < -0.39 is 12.2 Å². The number of amides is 2. The van der Waals surface area contributed by atoms with Crippen LogP contribution in [0.15, 0.2) is 53.1 Å². The van der Waals surface area contributed by atoms with Crippen LogP contribution in [-0.2, 0) is 16.0 Å². The van der Waals surface area contributed by atoms with Gasteiger partial charge < -0.3 is 19.5 Å². The number of hydrogen-bond donors (Lipinski definition) is 1. The number of cyclic esters (lactones) is 1. The quantitative estimate of drug-likeness (QED) is 0.534. The van der Waals surface area contributed by atoms with E-state index in [0.717, 1.165) is 37.9 Å². The van der Waals surface area contributed by atoms with Crippen molar-refractivity contribution in [3.63, 3.8) is 0 Å². The van der Waals surface area contributed by atoms with Gasteiger partial charge in [-0.25, -0.2) is 9.18 Å². The summed E-state index contributed by atoms with van der Waals surface area (Å²) in [6, 6.07) is 14.5. The van der Waals surface area contributed by atoms with Crippen molar-refractivity contribution >= 4 is 23.4 Å². The molecule has 2 aliphatic rings. The minimum atomic E-state index is -0.546. The molecule has 9 nitrogen and oxygen atoms in total. The van der Waals surface area contributed by atoms with Crippen LogP contribution < -0.4 is 15.1 Å². The van der Waals surface area contributed by atoms with Crippen LogP contribution in [0, 0.1) is 11.7 Å². The first-order valence-corrected chi connectivity index (χ1v) is 12.1. The van der Waals surface area contributed by atoms with Crippen molar-refractivity contribution < 1.29 is 23.2 Å². The molecular formula is C26H28FN5O4. The SMILES string of the molecule is CC(=O)NCC1CN(c2ccc(N3CCC(Cc4noc(-c5ccccc5)n4)CC3)c(F)c2)C(=O)O1. The van der Waals surface area contributed by atoms with E-state index in [9.17, 15) is 9.59 Å². The second-order valence-corrected chi connectivity index (χ2v) is 9.21. The van der Waals surface area contributed by atoms with Crippen LogP contribution >= 0.6 is 0 Å². The number of nitrogens with zero attached hydrogens (tertiary/aromatic N) is 4. The number of benzene rings is 2. The molecular weight excluding hydrogens is 465 g/mol. The molecule has 1 aromatic heterocycles. The summed E-state index contributed by atoms with van der Waals surface area (Å²) in [6.45, 7) is 3.32. The molecule has 10 heteroatoms. The van der Waals surface area contributed by atoms with Crippen molar-refractivity contribution in [2.75, 3.05) is 36.0 Å². The van der Waals surface area contributed by atoms with E-state index in [0.29, 0.717) is 29.0 Å². The summed E-state index contributed by atoms with van der Waals surface area (Å²) in [7, 11) is 0.